The van der Waals surface area contributed by atoms with Gasteiger partial charge in [0.1, 0.15) is 5.76 Å². The molecule has 17 heavy (non-hydrogen) atoms. The zero-order valence-electron chi connectivity index (χ0n) is 9.57. The van der Waals surface area contributed by atoms with E-state index in [4.69, 9.17) is 9.15 Å². The minimum absolute atomic E-state index is 0.266. The van der Waals surface area contributed by atoms with E-state index in [1.54, 1.807) is 24.5 Å². The largest absolute Gasteiger partial charge is 0.494 e. The van der Waals surface area contributed by atoms with Crippen LogP contribution in [0.3, 0.4) is 0 Å². The van der Waals surface area contributed by atoms with E-state index in [-0.39, 0.29) is 11.6 Å². The van der Waals surface area contributed by atoms with Gasteiger partial charge in [0, 0.05) is 12.1 Å². The van der Waals surface area contributed by atoms with Gasteiger partial charge in [-0.05, 0) is 18.2 Å². The van der Waals surface area contributed by atoms with Crippen molar-refractivity contribution in [3.05, 3.63) is 53.7 Å². The lowest BCUT2D eigenvalue weighted by molar-refractivity contribution is 0.383. The van der Waals surface area contributed by atoms with Crippen LogP contribution in [0.5, 0.6) is 5.75 Å². The second-order valence-electron chi connectivity index (χ2n) is 3.62. The standard InChI is InChI=1S/C13H14FNO2/c1-16-12-6-2-4-10(13(12)14)8-15-9-11-5-3-7-17-11/h2-7,15H,8-9H2,1H3. The van der Waals surface area contributed by atoms with Crippen molar-refractivity contribution in [3.8, 4) is 5.75 Å². The molecule has 0 aliphatic carbocycles. The number of halogens is 1. The predicted octanol–water partition coefficient (Wildman–Crippen LogP) is 2.72. The molecular formula is C13H14FNO2. The van der Waals surface area contributed by atoms with E-state index >= 15 is 0 Å². The van der Waals surface area contributed by atoms with Crippen molar-refractivity contribution in [1.82, 2.24) is 5.32 Å². The molecule has 0 saturated carbocycles. The number of methoxy groups -OCH3 is 1. The SMILES string of the molecule is COc1cccc(CNCc2ccco2)c1F. The van der Waals surface area contributed by atoms with E-state index in [1.807, 2.05) is 12.1 Å². The highest BCUT2D eigenvalue weighted by atomic mass is 19.1. The molecule has 1 heterocycles. The van der Waals surface area contributed by atoms with Gasteiger partial charge in [-0.15, -0.1) is 0 Å². The summed E-state index contributed by atoms with van der Waals surface area (Å²) >= 11 is 0. The minimum Gasteiger partial charge on any atom is -0.494 e. The monoisotopic (exact) mass is 235 g/mol. The van der Waals surface area contributed by atoms with Crippen LogP contribution in [0.4, 0.5) is 4.39 Å². The van der Waals surface area contributed by atoms with Gasteiger partial charge in [0.05, 0.1) is 19.9 Å². The highest BCUT2D eigenvalue weighted by molar-refractivity contribution is 5.30. The molecule has 0 aliphatic rings. The lowest BCUT2D eigenvalue weighted by Gasteiger charge is -2.07. The summed E-state index contributed by atoms with van der Waals surface area (Å²) in [7, 11) is 1.46. The number of hydrogen-bond acceptors (Lipinski definition) is 3. The third kappa shape index (κ3) is 2.85. The van der Waals surface area contributed by atoms with Crippen molar-refractivity contribution in [2.45, 2.75) is 13.1 Å². The molecule has 0 bridgehead atoms. The molecule has 1 N–H and O–H groups in total. The van der Waals surface area contributed by atoms with Crippen LogP contribution in [0.15, 0.2) is 41.0 Å². The molecule has 0 saturated heterocycles. The fourth-order valence-electron chi connectivity index (χ4n) is 1.58. The molecule has 2 rings (SSSR count). The Bertz CT molecular complexity index is 468. The molecule has 0 atom stereocenters. The topological polar surface area (TPSA) is 34.4 Å². The number of ether oxygens (including phenoxy) is 1. The summed E-state index contributed by atoms with van der Waals surface area (Å²) in [4.78, 5) is 0. The Morgan fingerprint density at radius 1 is 1.24 bits per heavy atom. The molecule has 0 radical (unpaired) electrons. The molecule has 0 unspecified atom stereocenters. The van der Waals surface area contributed by atoms with Crippen LogP contribution in [0.25, 0.3) is 0 Å². The molecule has 0 fully saturated rings. The third-order valence-corrected chi connectivity index (χ3v) is 2.46. The molecule has 2 aromatic rings. The molecule has 0 spiro atoms. The molecule has 0 aliphatic heterocycles. The number of benzene rings is 1. The zero-order chi connectivity index (χ0) is 12.1. The van der Waals surface area contributed by atoms with E-state index < -0.39 is 0 Å². The van der Waals surface area contributed by atoms with Crippen molar-refractivity contribution >= 4 is 0 Å². The first kappa shape index (κ1) is 11.7. The summed E-state index contributed by atoms with van der Waals surface area (Å²) < 4.78 is 23.8. The predicted molar refractivity (Wildman–Crippen MR) is 62.2 cm³/mol. The van der Waals surface area contributed by atoms with Gasteiger partial charge in [-0.25, -0.2) is 4.39 Å². The van der Waals surface area contributed by atoms with Gasteiger partial charge in [0.25, 0.3) is 0 Å². The fourth-order valence-corrected chi connectivity index (χ4v) is 1.58. The molecule has 1 aromatic carbocycles. The van der Waals surface area contributed by atoms with E-state index in [2.05, 4.69) is 5.32 Å². The number of nitrogens with one attached hydrogen (secondary N) is 1. The molecule has 4 heteroatoms. The number of hydrogen-bond donors (Lipinski definition) is 1. The van der Waals surface area contributed by atoms with E-state index in [0.29, 0.717) is 18.7 Å². The lowest BCUT2D eigenvalue weighted by Crippen LogP contribution is -2.13. The Morgan fingerprint density at radius 2 is 2.12 bits per heavy atom. The summed E-state index contributed by atoms with van der Waals surface area (Å²) in [5.41, 5.74) is 0.580. The van der Waals surface area contributed by atoms with Gasteiger partial charge in [-0.3, -0.25) is 0 Å². The lowest BCUT2D eigenvalue weighted by atomic mass is 10.2. The smallest absolute Gasteiger partial charge is 0.169 e. The molecule has 1 aromatic heterocycles. The second-order valence-corrected chi connectivity index (χ2v) is 3.62. The van der Waals surface area contributed by atoms with Crippen molar-refractivity contribution < 1.29 is 13.5 Å². The minimum atomic E-state index is -0.318. The Balaban J connectivity index is 1.95. The highest BCUT2D eigenvalue weighted by Crippen LogP contribution is 2.19. The van der Waals surface area contributed by atoms with Crippen LogP contribution in [-0.4, -0.2) is 7.11 Å². The fraction of sp³-hybridized carbons (Fsp3) is 0.231. The van der Waals surface area contributed by atoms with E-state index in [1.165, 1.54) is 7.11 Å². The summed E-state index contributed by atoms with van der Waals surface area (Å²) in [5, 5.41) is 3.11. The molecular weight excluding hydrogens is 221 g/mol. The average molecular weight is 235 g/mol. The van der Waals surface area contributed by atoms with E-state index in [0.717, 1.165) is 5.76 Å². The normalized spacial score (nSPS) is 10.5. The Kier molecular flexibility index (Phi) is 3.77. The van der Waals surface area contributed by atoms with Crippen LogP contribution in [0, 0.1) is 5.82 Å². The molecule has 3 nitrogen and oxygen atoms in total. The average Bonchev–Trinajstić information content (AvgIpc) is 2.84. The van der Waals surface area contributed by atoms with Gasteiger partial charge >= 0.3 is 0 Å². The van der Waals surface area contributed by atoms with Crippen LogP contribution >= 0.6 is 0 Å². The van der Waals surface area contributed by atoms with Crippen molar-refractivity contribution in [1.29, 1.82) is 0 Å². The maximum atomic E-state index is 13.8. The van der Waals surface area contributed by atoms with Gasteiger partial charge in [-0.1, -0.05) is 12.1 Å². The summed E-state index contributed by atoms with van der Waals surface area (Å²) in [6.07, 6.45) is 1.61. The zero-order valence-corrected chi connectivity index (χ0v) is 9.57. The summed E-state index contributed by atoms with van der Waals surface area (Å²) in [6.45, 7) is 1.01. The van der Waals surface area contributed by atoms with Gasteiger partial charge in [-0.2, -0.15) is 0 Å². The van der Waals surface area contributed by atoms with Gasteiger partial charge in [0.2, 0.25) is 0 Å². The van der Waals surface area contributed by atoms with E-state index in [9.17, 15) is 4.39 Å². The van der Waals surface area contributed by atoms with Crippen LogP contribution in [0.1, 0.15) is 11.3 Å². The van der Waals surface area contributed by atoms with Crippen LogP contribution in [-0.2, 0) is 13.1 Å². The highest BCUT2D eigenvalue weighted by Gasteiger charge is 2.07. The molecule has 90 valence electrons. The molecule has 0 amide bonds. The third-order valence-electron chi connectivity index (χ3n) is 2.46. The quantitative estimate of drug-likeness (QED) is 0.865. The first-order chi connectivity index (χ1) is 8.31. The van der Waals surface area contributed by atoms with Crippen LogP contribution < -0.4 is 10.1 Å². The van der Waals surface area contributed by atoms with Crippen molar-refractivity contribution in [2.24, 2.45) is 0 Å². The first-order valence-electron chi connectivity index (χ1n) is 5.35. The maximum Gasteiger partial charge on any atom is 0.169 e. The number of furan rings is 1. The van der Waals surface area contributed by atoms with Crippen molar-refractivity contribution in [2.75, 3.05) is 7.11 Å². The summed E-state index contributed by atoms with van der Waals surface area (Å²) in [6, 6.07) is 8.79. The van der Waals surface area contributed by atoms with Gasteiger partial charge in [0.15, 0.2) is 11.6 Å². The Labute approximate surface area is 99.2 Å². The first-order valence-corrected chi connectivity index (χ1v) is 5.35. The maximum absolute atomic E-state index is 13.8. The Morgan fingerprint density at radius 3 is 2.82 bits per heavy atom. The van der Waals surface area contributed by atoms with Gasteiger partial charge < -0.3 is 14.5 Å². The van der Waals surface area contributed by atoms with Crippen molar-refractivity contribution in [3.63, 3.8) is 0 Å². The van der Waals surface area contributed by atoms with Crippen LogP contribution in [0.2, 0.25) is 0 Å². The number of rotatable bonds is 5. The Hall–Kier alpha value is -1.81. The second kappa shape index (κ2) is 5.50. The summed E-state index contributed by atoms with van der Waals surface area (Å²) in [5.74, 6) is 0.776.